The molecule has 3 heteroatoms. The maximum absolute atomic E-state index is 11.8. The largest absolute Gasteiger partial charge is 0.298 e. The lowest BCUT2D eigenvalue weighted by atomic mass is 10.2. The molecule has 0 heterocycles. The maximum Gasteiger partial charge on any atom is 0.150 e. The lowest BCUT2D eigenvalue weighted by Gasteiger charge is -1.99. The first-order chi connectivity index (χ1) is 6.36. The van der Waals surface area contributed by atoms with Gasteiger partial charge in [-0.1, -0.05) is 12.1 Å². The van der Waals surface area contributed by atoms with E-state index in [1.54, 1.807) is 17.8 Å². The Bertz CT molecular complexity index is 275. The van der Waals surface area contributed by atoms with E-state index >= 15 is 0 Å². The van der Waals surface area contributed by atoms with Crippen LogP contribution in [0, 0.1) is 0 Å². The Hall–Kier alpha value is -0.830. The number of aldehydes is 1. The second-order valence-electron chi connectivity index (χ2n) is 2.58. The molecular weight excluding hydrogens is 187 g/mol. The predicted molar refractivity (Wildman–Crippen MR) is 53.1 cm³/mol. The van der Waals surface area contributed by atoms with Gasteiger partial charge in [-0.15, -0.1) is 11.8 Å². The second kappa shape index (κ2) is 5.75. The summed E-state index contributed by atoms with van der Waals surface area (Å²) in [5.41, 5.74) is 0.672. The third-order valence-corrected chi connectivity index (χ3v) is 2.62. The average Bonchev–Trinajstić information content (AvgIpc) is 2.19. The fourth-order valence-corrected chi connectivity index (χ4v) is 1.81. The van der Waals surface area contributed by atoms with E-state index in [-0.39, 0.29) is 6.67 Å². The second-order valence-corrected chi connectivity index (χ2v) is 3.75. The van der Waals surface area contributed by atoms with E-state index in [2.05, 4.69) is 0 Å². The van der Waals surface area contributed by atoms with Gasteiger partial charge in [0, 0.05) is 16.2 Å². The van der Waals surface area contributed by atoms with Crippen LogP contribution in [0.2, 0.25) is 0 Å². The number of alkyl halides is 1. The molecule has 0 unspecified atom stereocenters. The summed E-state index contributed by atoms with van der Waals surface area (Å²) in [6, 6.07) is 7.33. The summed E-state index contributed by atoms with van der Waals surface area (Å²) in [6.45, 7) is -0.277. The van der Waals surface area contributed by atoms with Crippen molar-refractivity contribution in [3.8, 4) is 0 Å². The van der Waals surface area contributed by atoms with Crippen LogP contribution < -0.4 is 0 Å². The van der Waals surface area contributed by atoms with Crippen molar-refractivity contribution in [1.82, 2.24) is 0 Å². The zero-order valence-electron chi connectivity index (χ0n) is 7.20. The molecule has 1 rings (SSSR count). The monoisotopic (exact) mass is 198 g/mol. The minimum absolute atomic E-state index is 0.277. The quantitative estimate of drug-likeness (QED) is 0.411. The standard InChI is InChI=1S/C10H11FOS/c11-5-2-6-13-10-4-1-3-9(7-10)8-12/h1,3-4,7-8H,2,5-6H2. The van der Waals surface area contributed by atoms with Gasteiger partial charge in [0.2, 0.25) is 0 Å². The highest BCUT2D eigenvalue weighted by Crippen LogP contribution is 2.19. The molecule has 0 fully saturated rings. The Morgan fingerprint density at radius 2 is 2.31 bits per heavy atom. The number of hydrogen-bond donors (Lipinski definition) is 0. The number of hydrogen-bond acceptors (Lipinski definition) is 2. The molecule has 0 aliphatic heterocycles. The summed E-state index contributed by atoms with van der Waals surface area (Å²) in [6.07, 6.45) is 1.38. The van der Waals surface area contributed by atoms with Crippen molar-refractivity contribution in [2.75, 3.05) is 12.4 Å². The van der Waals surface area contributed by atoms with E-state index in [0.29, 0.717) is 12.0 Å². The first kappa shape index (κ1) is 10.3. The van der Waals surface area contributed by atoms with Crippen molar-refractivity contribution in [2.24, 2.45) is 0 Å². The molecule has 0 bridgehead atoms. The van der Waals surface area contributed by atoms with Crippen LogP contribution in [0.15, 0.2) is 29.2 Å². The lowest BCUT2D eigenvalue weighted by Crippen LogP contribution is -1.83. The molecule has 0 saturated heterocycles. The van der Waals surface area contributed by atoms with E-state index in [1.165, 1.54) is 0 Å². The van der Waals surface area contributed by atoms with Crippen LogP contribution in [-0.2, 0) is 0 Å². The molecule has 1 aromatic rings. The number of rotatable bonds is 5. The molecule has 70 valence electrons. The molecule has 0 radical (unpaired) electrons. The number of carbonyl (C=O) groups is 1. The Morgan fingerprint density at radius 1 is 1.46 bits per heavy atom. The summed E-state index contributed by atoms with van der Waals surface area (Å²) in [7, 11) is 0. The third kappa shape index (κ3) is 3.59. The van der Waals surface area contributed by atoms with E-state index < -0.39 is 0 Å². The van der Waals surface area contributed by atoms with Crippen LogP contribution in [0.25, 0.3) is 0 Å². The minimum atomic E-state index is -0.277. The molecule has 0 amide bonds. The topological polar surface area (TPSA) is 17.1 Å². The van der Waals surface area contributed by atoms with E-state index in [1.807, 2.05) is 18.2 Å². The van der Waals surface area contributed by atoms with Gasteiger partial charge in [-0.2, -0.15) is 0 Å². The van der Waals surface area contributed by atoms with E-state index in [9.17, 15) is 9.18 Å². The molecule has 1 aromatic carbocycles. The molecule has 1 nitrogen and oxygen atoms in total. The molecular formula is C10H11FOS. The Labute approximate surface area is 81.3 Å². The van der Waals surface area contributed by atoms with Crippen molar-refractivity contribution in [3.63, 3.8) is 0 Å². The number of thioether (sulfide) groups is 1. The van der Waals surface area contributed by atoms with Crippen molar-refractivity contribution < 1.29 is 9.18 Å². The highest BCUT2D eigenvalue weighted by molar-refractivity contribution is 7.99. The van der Waals surface area contributed by atoms with Crippen molar-refractivity contribution in [3.05, 3.63) is 29.8 Å². The SMILES string of the molecule is O=Cc1cccc(SCCCF)c1. The molecule has 0 aromatic heterocycles. The highest BCUT2D eigenvalue weighted by Gasteiger charge is 1.95. The van der Waals surface area contributed by atoms with Gasteiger partial charge in [0.1, 0.15) is 6.29 Å². The fourth-order valence-electron chi connectivity index (χ4n) is 0.922. The lowest BCUT2D eigenvalue weighted by molar-refractivity contribution is 0.112. The van der Waals surface area contributed by atoms with Crippen LogP contribution in [0.1, 0.15) is 16.8 Å². The van der Waals surface area contributed by atoms with Crippen molar-refractivity contribution in [2.45, 2.75) is 11.3 Å². The Morgan fingerprint density at radius 3 is 3.00 bits per heavy atom. The van der Waals surface area contributed by atoms with E-state index in [4.69, 9.17) is 0 Å². The van der Waals surface area contributed by atoms with Gasteiger partial charge >= 0.3 is 0 Å². The summed E-state index contributed by atoms with van der Waals surface area (Å²) >= 11 is 1.58. The van der Waals surface area contributed by atoms with Gasteiger partial charge in [0.15, 0.2) is 0 Å². The number of carbonyl (C=O) groups excluding carboxylic acids is 1. The average molecular weight is 198 g/mol. The molecule has 0 spiro atoms. The van der Waals surface area contributed by atoms with Crippen LogP contribution >= 0.6 is 11.8 Å². The first-order valence-corrected chi connectivity index (χ1v) is 5.09. The molecule has 0 N–H and O–H groups in total. The first-order valence-electron chi connectivity index (χ1n) is 4.11. The van der Waals surface area contributed by atoms with Crippen LogP contribution in [0.3, 0.4) is 0 Å². The van der Waals surface area contributed by atoms with Gasteiger partial charge in [0.05, 0.1) is 6.67 Å². The van der Waals surface area contributed by atoms with Gasteiger partial charge in [-0.3, -0.25) is 9.18 Å². The summed E-state index contributed by atoms with van der Waals surface area (Å²) < 4.78 is 11.8. The van der Waals surface area contributed by atoms with Gasteiger partial charge in [0.25, 0.3) is 0 Å². The van der Waals surface area contributed by atoms with Gasteiger partial charge in [-0.05, 0) is 18.6 Å². The molecule has 0 atom stereocenters. The van der Waals surface area contributed by atoms with Crippen LogP contribution in [0.5, 0.6) is 0 Å². The fraction of sp³-hybridized carbons (Fsp3) is 0.300. The highest BCUT2D eigenvalue weighted by atomic mass is 32.2. The summed E-state index contributed by atoms with van der Waals surface area (Å²) in [4.78, 5) is 11.4. The third-order valence-electron chi connectivity index (χ3n) is 1.54. The summed E-state index contributed by atoms with van der Waals surface area (Å²) in [5.74, 6) is 0.763. The molecule has 0 saturated carbocycles. The predicted octanol–water partition coefficient (Wildman–Crippen LogP) is 2.95. The minimum Gasteiger partial charge on any atom is -0.298 e. The zero-order valence-corrected chi connectivity index (χ0v) is 8.02. The van der Waals surface area contributed by atoms with Crippen LogP contribution in [-0.4, -0.2) is 18.7 Å². The van der Waals surface area contributed by atoms with Crippen LogP contribution in [0.4, 0.5) is 4.39 Å². The van der Waals surface area contributed by atoms with E-state index in [0.717, 1.165) is 16.9 Å². The number of benzene rings is 1. The Balaban J connectivity index is 2.51. The Kier molecular flexibility index (Phi) is 4.54. The smallest absolute Gasteiger partial charge is 0.150 e. The molecule has 13 heavy (non-hydrogen) atoms. The summed E-state index contributed by atoms with van der Waals surface area (Å²) in [5, 5.41) is 0. The maximum atomic E-state index is 11.8. The molecule has 0 aliphatic carbocycles. The zero-order chi connectivity index (χ0) is 9.52. The van der Waals surface area contributed by atoms with Gasteiger partial charge < -0.3 is 0 Å². The van der Waals surface area contributed by atoms with Crippen molar-refractivity contribution >= 4 is 18.0 Å². The normalized spacial score (nSPS) is 9.92. The van der Waals surface area contributed by atoms with Crippen molar-refractivity contribution in [1.29, 1.82) is 0 Å². The molecule has 0 aliphatic rings. The van der Waals surface area contributed by atoms with Gasteiger partial charge in [-0.25, -0.2) is 0 Å². The number of halogens is 1.